The number of rotatable bonds is 6. The van der Waals surface area contributed by atoms with Crippen LogP contribution in [-0.2, 0) is 9.53 Å². The predicted molar refractivity (Wildman–Crippen MR) is 93.0 cm³/mol. The summed E-state index contributed by atoms with van der Waals surface area (Å²) in [6.45, 7) is 1.77. The molecule has 0 unspecified atom stereocenters. The molecule has 0 saturated carbocycles. The Hall–Kier alpha value is -3.55. The number of esters is 1. The summed E-state index contributed by atoms with van der Waals surface area (Å²) < 4.78 is 23.6. The second-order valence-corrected chi connectivity index (χ2v) is 5.48. The van der Waals surface area contributed by atoms with Gasteiger partial charge in [-0.15, -0.1) is 10.2 Å². The first kappa shape index (κ1) is 18.2. The summed E-state index contributed by atoms with van der Waals surface area (Å²) in [7, 11) is 0. The molecule has 0 bridgehead atoms. The number of carbonyl (C=O) groups excluding carboxylic acids is 2. The van der Waals surface area contributed by atoms with E-state index < -0.39 is 23.7 Å². The highest BCUT2D eigenvalue weighted by atomic mass is 19.1. The smallest absolute Gasteiger partial charge is 0.338 e. The van der Waals surface area contributed by atoms with E-state index in [-0.39, 0.29) is 18.4 Å². The van der Waals surface area contributed by atoms with Gasteiger partial charge < -0.3 is 14.5 Å². The van der Waals surface area contributed by atoms with Crippen molar-refractivity contribution in [3.63, 3.8) is 0 Å². The maximum absolute atomic E-state index is 13.1. The average molecular weight is 369 g/mol. The van der Waals surface area contributed by atoms with Crippen molar-refractivity contribution in [3.8, 4) is 11.5 Å². The van der Waals surface area contributed by atoms with E-state index in [9.17, 15) is 14.0 Å². The zero-order valence-electron chi connectivity index (χ0n) is 14.4. The Morgan fingerprint density at radius 2 is 1.81 bits per heavy atom. The number of carbonyl (C=O) groups is 2. The molecule has 1 heterocycles. The molecule has 138 valence electrons. The molecule has 3 rings (SSSR count). The summed E-state index contributed by atoms with van der Waals surface area (Å²) in [4.78, 5) is 24.7. The Balaban J connectivity index is 1.86. The minimum absolute atomic E-state index is 0.0910. The van der Waals surface area contributed by atoms with Crippen LogP contribution in [-0.4, -0.2) is 28.7 Å². The maximum Gasteiger partial charge on any atom is 0.338 e. The van der Waals surface area contributed by atoms with Crippen LogP contribution in [0, 0.1) is 5.82 Å². The summed E-state index contributed by atoms with van der Waals surface area (Å²) in [6.07, 6.45) is 0. The van der Waals surface area contributed by atoms with Crippen molar-refractivity contribution < 1.29 is 23.1 Å². The van der Waals surface area contributed by atoms with Crippen LogP contribution in [0.5, 0.6) is 0 Å². The highest BCUT2D eigenvalue weighted by Gasteiger charge is 2.30. The van der Waals surface area contributed by atoms with Gasteiger partial charge in [-0.25, -0.2) is 9.18 Å². The molecular formula is C19H16FN3O4. The third kappa shape index (κ3) is 4.35. The number of amides is 1. The van der Waals surface area contributed by atoms with Crippen LogP contribution in [0.15, 0.2) is 59.0 Å². The van der Waals surface area contributed by atoms with E-state index in [1.54, 1.807) is 37.3 Å². The monoisotopic (exact) mass is 369 g/mol. The molecule has 0 fully saturated rings. The predicted octanol–water partition coefficient (Wildman–Crippen LogP) is 2.91. The molecule has 0 aliphatic carbocycles. The first-order valence-electron chi connectivity index (χ1n) is 8.20. The van der Waals surface area contributed by atoms with Crippen LogP contribution in [0.4, 0.5) is 4.39 Å². The molecule has 1 N–H and O–H groups in total. The molecule has 2 aromatic carbocycles. The summed E-state index contributed by atoms with van der Waals surface area (Å²) in [5.41, 5.74) is 0.845. The zero-order valence-corrected chi connectivity index (χ0v) is 14.4. The van der Waals surface area contributed by atoms with E-state index in [1.807, 2.05) is 0 Å². The van der Waals surface area contributed by atoms with Gasteiger partial charge in [0.25, 0.3) is 11.8 Å². The Morgan fingerprint density at radius 1 is 1.11 bits per heavy atom. The SMILES string of the molecule is CCOC(=O)[C@H](NC(=O)c1ccccc1)c1nnc(-c2ccc(F)cc2)o1. The average Bonchev–Trinajstić information content (AvgIpc) is 3.17. The third-order valence-corrected chi connectivity index (χ3v) is 3.61. The fourth-order valence-electron chi connectivity index (χ4n) is 2.31. The van der Waals surface area contributed by atoms with E-state index >= 15 is 0 Å². The summed E-state index contributed by atoms with van der Waals surface area (Å²) in [5, 5.41) is 10.2. The van der Waals surface area contributed by atoms with Gasteiger partial charge >= 0.3 is 5.97 Å². The molecule has 27 heavy (non-hydrogen) atoms. The molecule has 0 spiro atoms. The van der Waals surface area contributed by atoms with Crippen molar-refractivity contribution in [2.45, 2.75) is 13.0 Å². The Kier molecular flexibility index (Phi) is 5.55. The fraction of sp³-hybridized carbons (Fsp3) is 0.158. The van der Waals surface area contributed by atoms with Gasteiger partial charge in [-0.3, -0.25) is 4.79 Å². The lowest BCUT2D eigenvalue weighted by Gasteiger charge is -2.13. The van der Waals surface area contributed by atoms with Gasteiger partial charge in [-0.1, -0.05) is 18.2 Å². The number of aromatic nitrogens is 2. The molecular weight excluding hydrogens is 353 g/mol. The van der Waals surface area contributed by atoms with Crippen LogP contribution in [0.2, 0.25) is 0 Å². The number of halogens is 1. The van der Waals surface area contributed by atoms with Gasteiger partial charge in [0.05, 0.1) is 6.61 Å². The van der Waals surface area contributed by atoms with E-state index in [4.69, 9.17) is 9.15 Å². The van der Waals surface area contributed by atoms with Crippen molar-refractivity contribution in [3.05, 3.63) is 71.9 Å². The number of nitrogens with one attached hydrogen (secondary N) is 1. The third-order valence-electron chi connectivity index (χ3n) is 3.61. The molecule has 3 aromatic rings. The van der Waals surface area contributed by atoms with Gasteiger partial charge in [0.2, 0.25) is 11.9 Å². The second-order valence-electron chi connectivity index (χ2n) is 5.48. The number of nitrogens with zero attached hydrogens (tertiary/aromatic N) is 2. The van der Waals surface area contributed by atoms with Crippen LogP contribution < -0.4 is 5.32 Å². The van der Waals surface area contributed by atoms with E-state index in [2.05, 4.69) is 15.5 Å². The lowest BCUT2D eigenvalue weighted by atomic mass is 10.2. The minimum atomic E-state index is -1.26. The van der Waals surface area contributed by atoms with Crippen molar-refractivity contribution in [2.75, 3.05) is 6.61 Å². The number of benzene rings is 2. The van der Waals surface area contributed by atoms with Crippen molar-refractivity contribution in [2.24, 2.45) is 0 Å². The van der Waals surface area contributed by atoms with Crippen LogP contribution >= 0.6 is 0 Å². The normalized spacial score (nSPS) is 11.6. The highest BCUT2D eigenvalue weighted by molar-refractivity contribution is 5.96. The standard InChI is InChI=1S/C19H16FN3O4/c1-2-26-19(25)15(21-16(24)12-6-4-3-5-7-12)18-23-22-17(27-18)13-8-10-14(20)11-9-13/h3-11,15H,2H2,1H3,(H,21,24)/t15-/m1/s1. The van der Waals surface area contributed by atoms with Gasteiger partial charge in [-0.05, 0) is 43.3 Å². The van der Waals surface area contributed by atoms with Crippen LogP contribution in [0.1, 0.15) is 29.2 Å². The fourth-order valence-corrected chi connectivity index (χ4v) is 2.31. The lowest BCUT2D eigenvalue weighted by Crippen LogP contribution is -2.35. The number of ether oxygens (including phenoxy) is 1. The van der Waals surface area contributed by atoms with E-state index in [1.165, 1.54) is 24.3 Å². The first-order valence-corrected chi connectivity index (χ1v) is 8.20. The molecule has 7 nitrogen and oxygen atoms in total. The van der Waals surface area contributed by atoms with Crippen molar-refractivity contribution >= 4 is 11.9 Å². The zero-order chi connectivity index (χ0) is 19.2. The Morgan fingerprint density at radius 3 is 2.48 bits per heavy atom. The van der Waals surface area contributed by atoms with Crippen molar-refractivity contribution in [1.82, 2.24) is 15.5 Å². The molecule has 1 aromatic heterocycles. The highest BCUT2D eigenvalue weighted by Crippen LogP contribution is 2.22. The largest absolute Gasteiger partial charge is 0.464 e. The molecule has 0 aliphatic heterocycles. The van der Waals surface area contributed by atoms with E-state index in [0.717, 1.165) is 0 Å². The van der Waals surface area contributed by atoms with Gasteiger partial charge in [-0.2, -0.15) is 0 Å². The molecule has 1 atom stereocenters. The second kappa shape index (κ2) is 8.22. The Bertz CT molecular complexity index is 926. The number of hydrogen-bond acceptors (Lipinski definition) is 6. The summed E-state index contributed by atoms with van der Waals surface area (Å²) in [6, 6.07) is 12.6. The van der Waals surface area contributed by atoms with Crippen LogP contribution in [0.25, 0.3) is 11.5 Å². The molecule has 1 amide bonds. The van der Waals surface area contributed by atoms with Gasteiger partial charge in [0.15, 0.2) is 0 Å². The Labute approximate surface area is 154 Å². The summed E-state index contributed by atoms with van der Waals surface area (Å²) in [5.74, 6) is -1.66. The molecule has 0 saturated heterocycles. The molecule has 0 radical (unpaired) electrons. The van der Waals surface area contributed by atoms with Gasteiger partial charge in [0, 0.05) is 11.1 Å². The first-order chi connectivity index (χ1) is 13.1. The molecule has 8 heteroatoms. The maximum atomic E-state index is 13.1. The summed E-state index contributed by atoms with van der Waals surface area (Å²) >= 11 is 0. The quantitative estimate of drug-likeness (QED) is 0.672. The van der Waals surface area contributed by atoms with E-state index in [0.29, 0.717) is 11.1 Å². The van der Waals surface area contributed by atoms with Gasteiger partial charge in [0.1, 0.15) is 5.82 Å². The minimum Gasteiger partial charge on any atom is -0.464 e. The van der Waals surface area contributed by atoms with Crippen LogP contribution in [0.3, 0.4) is 0 Å². The van der Waals surface area contributed by atoms with Crippen molar-refractivity contribution in [1.29, 1.82) is 0 Å². The molecule has 0 aliphatic rings. The lowest BCUT2D eigenvalue weighted by molar-refractivity contribution is -0.146. The topological polar surface area (TPSA) is 94.3 Å². The number of hydrogen-bond donors (Lipinski definition) is 1.